The van der Waals surface area contributed by atoms with Crippen molar-refractivity contribution in [3.05, 3.63) is 4.88 Å². The molecular weight excluding hydrogens is 254 g/mol. The quantitative estimate of drug-likeness (QED) is 0.826. The summed E-state index contributed by atoms with van der Waals surface area (Å²) in [5, 5.41) is 3.80. The highest BCUT2D eigenvalue weighted by molar-refractivity contribution is 7.99. The standard InChI is InChI=1S/C11H17N3OS2/c1-13-10(15)8-7(12)9(16-2)11(17-8)14-5-3-4-6-14/h3-6,12H2,1-2H3,(H,13,15). The molecule has 0 bridgehead atoms. The fourth-order valence-corrected chi connectivity index (χ4v) is 4.20. The van der Waals surface area contributed by atoms with E-state index in [-0.39, 0.29) is 5.91 Å². The first-order valence-electron chi connectivity index (χ1n) is 5.62. The minimum absolute atomic E-state index is 0.0896. The smallest absolute Gasteiger partial charge is 0.263 e. The monoisotopic (exact) mass is 271 g/mol. The zero-order valence-electron chi connectivity index (χ0n) is 10.1. The van der Waals surface area contributed by atoms with Gasteiger partial charge in [0, 0.05) is 20.1 Å². The molecule has 17 heavy (non-hydrogen) atoms. The third kappa shape index (κ3) is 2.24. The van der Waals surface area contributed by atoms with Crippen LogP contribution >= 0.6 is 23.1 Å². The molecule has 94 valence electrons. The van der Waals surface area contributed by atoms with Crippen LogP contribution in [0.2, 0.25) is 0 Å². The van der Waals surface area contributed by atoms with E-state index in [1.54, 1.807) is 18.8 Å². The molecule has 2 rings (SSSR count). The highest BCUT2D eigenvalue weighted by Gasteiger charge is 2.24. The van der Waals surface area contributed by atoms with E-state index in [1.807, 2.05) is 6.26 Å². The van der Waals surface area contributed by atoms with Crippen LogP contribution in [0.25, 0.3) is 0 Å². The van der Waals surface area contributed by atoms with Gasteiger partial charge in [-0.25, -0.2) is 0 Å². The number of hydrogen-bond donors (Lipinski definition) is 2. The molecule has 0 aromatic carbocycles. The van der Waals surface area contributed by atoms with Crippen LogP contribution < -0.4 is 16.0 Å². The zero-order chi connectivity index (χ0) is 12.4. The SMILES string of the molecule is CNC(=O)c1sc(N2CCCC2)c(SC)c1N. The van der Waals surface area contributed by atoms with Gasteiger partial charge in [0.15, 0.2) is 0 Å². The molecule has 1 aromatic heterocycles. The number of hydrogen-bond acceptors (Lipinski definition) is 5. The molecule has 6 heteroatoms. The molecular formula is C11H17N3OS2. The van der Waals surface area contributed by atoms with E-state index in [0.717, 1.165) is 23.0 Å². The Labute approximate surface area is 110 Å². The topological polar surface area (TPSA) is 58.4 Å². The molecule has 1 aromatic rings. The Kier molecular flexibility index (Phi) is 3.83. The molecule has 1 fully saturated rings. The Morgan fingerprint density at radius 3 is 2.65 bits per heavy atom. The van der Waals surface area contributed by atoms with Crippen LogP contribution in [-0.4, -0.2) is 32.3 Å². The van der Waals surface area contributed by atoms with Crippen molar-refractivity contribution < 1.29 is 4.79 Å². The molecule has 0 saturated carbocycles. The molecule has 3 N–H and O–H groups in total. The van der Waals surface area contributed by atoms with Gasteiger partial charge in [0.1, 0.15) is 9.88 Å². The second kappa shape index (κ2) is 5.18. The summed E-state index contributed by atoms with van der Waals surface area (Å²) in [6, 6.07) is 0. The van der Waals surface area contributed by atoms with Crippen molar-refractivity contribution in [3.8, 4) is 0 Å². The van der Waals surface area contributed by atoms with Gasteiger partial charge in [-0.1, -0.05) is 0 Å². The fourth-order valence-electron chi connectivity index (χ4n) is 2.02. The predicted octanol–water partition coefficient (Wildman–Crippen LogP) is 2.01. The van der Waals surface area contributed by atoms with E-state index in [0.29, 0.717) is 10.6 Å². The molecule has 2 heterocycles. The van der Waals surface area contributed by atoms with E-state index in [9.17, 15) is 4.79 Å². The molecule has 0 spiro atoms. The molecule has 4 nitrogen and oxygen atoms in total. The largest absolute Gasteiger partial charge is 0.396 e. The van der Waals surface area contributed by atoms with Gasteiger partial charge in [-0.05, 0) is 19.1 Å². The highest BCUT2D eigenvalue weighted by atomic mass is 32.2. The number of amides is 1. The number of anilines is 2. The van der Waals surface area contributed by atoms with Crippen LogP contribution in [0.5, 0.6) is 0 Å². The van der Waals surface area contributed by atoms with Gasteiger partial charge in [0.2, 0.25) is 0 Å². The molecule has 0 aliphatic carbocycles. The zero-order valence-corrected chi connectivity index (χ0v) is 11.7. The van der Waals surface area contributed by atoms with Gasteiger partial charge in [-0.3, -0.25) is 4.79 Å². The molecule has 0 unspecified atom stereocenters. The summed E-state index contributed by atoms with van der Waals surface area (Å²) in [6.45, 7) is 2.14. The summed E-state index contributed by atoms with van der Waals surface area (Å²) in [5.74, 6) is -0.0896. The Balaban J connectivity index is 2.40. The van der Waals surface area contributed by atoms with E-state index in [1.165, 1.54) is 24.2 Å². The van der Waals surface area contributed by atoms with Gasteiger partial charge >= 0.3 is 0 Å². The first kappa shape index (κ1) is 12.6. The summed E-state index contributed by atoms with van der Waals surface area (Å²) in [5.41, 5.74) is 6.69. The van der Waals surface area contributed by atoms with Crippen molar-refractivity contribution in [2.45, 2.75) is 17.7 Å². The molecule has 1 saturated heterocycles. The van der Waals surface area contributed by atoms with Crippen molar-refractivity contribution in [2.24, 2.45) is 0 Å². The number of rotatable bonds is 3. The summed E-state index contributed by atoms with van der Waals surface area (Å²) in [7, 11) is 1.63. The number of thiophene rings is 1. The molecule has 1 aliphatic heterocycles. The summed E-state index contributed by atoms with van der Waals surface area (Å²) >= 11 is 3.13. The number of carbonyl (C=O) groups excluding carboxylic acids is 1. The third-order valence-corrected chi connectivity index (χ3v) is 5.13. The van der Waals surface area contributed by atoms with Gasteiger partial charge < -0.3 is 16.0 Å². The summed E-state index contributed by atoms with van der Waals surface area (Å²) in [4.78, 5) is 15.7. The van der Waals surface area contributed by atoms with Crippen molar-refractivity contribution in [1.82, 2.24) is 5.32 Å². The second-order valence-electron chi connectivity index (χ2n) is 3.96. The maximum Gasteiger partial charge on any atom is 0.263 e. The Hall–Kier alpha value is -0.880. The van der Waals surface area contributed by atoms with Crippen molar-refractivity contribution >= 4 is 39.7 Å². The lowest BCUT2D eigenvalue weighted by molar-refractivity contribution is 0.0968. The highest BCUT2D eigenvalue weighted by Crippen LogP contribution is 2.44. The van der Waals surface area contributed by atoms with Crippen molar-refractivity contribution in [1.29, 1.82) is 0 Å². The average Bonchev–Trinajstić information content (AvgIpc) is 2.95. The Morgan fingerprint density at radius 2 is 2.12 bits per heavy atom. The van der Waals surface area contributed by atoms with E-state index in [2.05, 4.69) is 10.2 Å². The fraction of sp³-hybridized carbons (Fsp3) is 0.545. The number of carbonyl (C=O) groups is 1. The van der Waals surface area contributed by atoms with Gasteiger partial charge in [-0.15, -0.1) is 23.1 Å². The maximum atomic E-state index is 11.7. The van der Waals surface area contributed by atoms with Crippen LogP contribution in [0.15, 0.2) is 4.90 Å². The lowest BCUT2D eigenvalue weighted by atomic mass is 10.3. The molecule has 0 radical (unpaired) electrons. The maximum absolute atomic E-state index is 11.7. The van der Waals surface area contributed by atoms with Crippen molar-refractivity contribution in [3.63, 3.8) is 0 Å². The number of nitrogens with zero attached hydrogens (tertiary/aromatic N) is 1. The number of nitrogen functional groups attached to an aromatic ring is 1. The van der Waals surface area contributed by atoms with Gasteiger partial charge in [-0.2, -0.15) is 0 Å². The Morgan fingerprint density at radius 1 is 1.47 bits per heavy atom. The number of nitrogens with one attached hydrogen (secondary N) is 1. The normalized spacial score (nSPS) is 15.3. The number of thioether (sulfide) groups is 1. The molecule has 1 aliphatic rings. The van der Waals surface area contributed by atoms with E-state index < -0.39 is 0 Å². The van der Waals surface area contributed by atoms with Crippen LogP contribution in [0.1, 0.15) is 22.5 Å². The lowest BCUT2D eigenvalue weighted by Gasteiger charge is -2.16. The Bertz CT molecular complexity index is 425. The van der Waals surface area contributed by atoms with E-state index in [4.69, 9.17) is 5.73 Å². The van der Waals surface area contributed by atoms with Crippen LogP contribution in [-0.2, 0) is 0 Å². The predicted molar refractivity (Wildman–Crippen MR) is 75.3 cm³/mol. The van der Waals surface area contributed by atoms with Crippen LogP contribution in [0, 0.1) is 0 Å². The lowest BCUT2D eigenvalue weighted by Crippen LogP contribution is -2.17. The minimum atomic E-state index is -0.0896. The van der Waals surface area contributed by atoms with Gasteiger partial charge in [0.05, 0.1) is 10.6 Å². The van der Waals surface area contributed by atoms with Crippen LogP contribution in [0.3, 0.4) is 0 Å². The van der Waals surface area contributed by atoms with Crippen LogP contribution in [0.4, 0.5) is 10.7 Å². The third-order valence-electron chi connectivity index (χ3n) is 2.91. The summed E-state index contributed by atoms with van der Waals surface area (Å²) < 4.78 is 0. The molecule has 0 atom stereocenters. The first-order chi connectivity index (χ1) is 8.19. The first-order valence-corrected chi connectivity index (χ1v) is 7.66. The summed E-state index contributed by atoms with van der Waals surface area (Å²) in [6.07, 6.45) is 4.45. The average molecular weight is 271 g/mol. The van der Waals surface area contributed by atoms with Gasteiger partial charge in [0.25, 0.3) is 5.91 Å². The second-order valence-corrected chi connectivity index (χ2v) is 5.77. The van der Waals surface area contributed by atoms with Crippen molar-refractivity contribution in [2.75, 3.05) is 37.0 Å². The minimum Gasteiger partial charge on any atom is -0.396 e. The van der Waals surface area contributed by atoms with E-state index >= 15 is 0 Å². The molecule has 1 amide bonds. The number of nitrogens with two attached hydrogens (primary N) is 1.